The summed E-state index contributed by atoms with van der Waals surface area (Å²) >= 11 is 0. The Morgan fingerprint density at radius 1 is 1.15 bits per heavy atom. The second-order valence-corrected chi connectivity index (χ2v) is 8.67. The molecular formula is C25H26FN5O2. The highest BCUT2D eigenvalue weighted by Crippen LogP contribution is 2.31. The topological polar surface area (TPSA) is 82.2 Å². The van der Waals surface area contributed by atoms with E-state index in [-0.39, 0.29) is 29.7 Å². The minimum atomic E-state index is -0.234. The molecule has 1 saturated heterocycles. The third-order valence-corrected chi connectivity index (χ3v) is 6.47. The van der Waals surface area contributed by atoms with Gasteiger partial charge in [-0.05, 0) is 31.0 Å². The Morgan fingerprint density at radius 2 is 2.00 bits per heavy atom. The first kappa shape index (κ1) is 21.5. The number of aromatic amines is 1. The van der Waals surface area contributed by atoms with Gasteiger partial charge in [-0.25, -0.2) is 9.37 Å². The fourth-order valence-electron chi connectivity index (χ4n) is 4.77. The van der Waals surface area contributed by atoms with E-state index in [1.165, 1.54) is 6.07 Å². The summed E-state index contributed by atoms with van der Waals surface area (Å²) < 4.78 is 14.0. The summed E-state index contributed by atoms with van der Waals surface area (Å²) in [5, 5.41) is 0. The average molecular weight is 448 g/mol. The zero-order valence-corrected chi connectivity index (χ0v) is 18.3. The van der Waals surface area contributed by atoms with E-state index in [1.54, 1.807) is 18.3 Å². The number of H-pyrrole nitrogens is 1. The molecular weight excluding hydrogens is 421 g/mol. The number of carbonyl (C=O) groups is 1. The first-order valence-corrected chi connectivity index (χ1v) is 11.4. The molecule has 1 aromatic carbocycles. The van der Waals surface area contributed by atoms with Crippen molar-refractivity contribution in [3.8, 4) is 0 Å². The van der Waals surface area contributed by atoms with Crippen molar-refractivity contribution in [3.63, 3.8) is 0 Å². The number of nitrogens with zero attached hydrogens (tertiary/aromatic N) is 4. The van der Waals surface area contributed by atoms with Crippen molar-refractivity contribution < 1.29 is 9.18 Å². The van der Waals surface area contributed by atoms with Crippen LogP contribution < -0.4 is 5.56 Å². The highest BCUT2D eigenvalue weighted by molar-refractivity contribution is 5.79. The predicted molar refractivity (Wildman–Crippen MR) is 121 cm³/mol. The maximum atomic E-state index is 14.0. The number of amides is 1. The van der Waals surface area contributed by atoms with Gasteiger partial charge in [-0.1, -0.05) is 24.3 Å². The Kier molecular flexibility index (Phi) is 6.00. The zero-order chi connectivity index (χ0) is 22.8. The van der Waals surface area contributed by atoms with Crippen LogP contribution in [0.4, 0.5) is 4.39 Å². The van der Waals surface area contributed by atoms with Crippen LogP contribution in [0.3, 0.4) is 0 Å². The molecule has 170 valence electrons. The first-order chi connectivity index (χ1) is 16.1. The van der Waals surface area contributed by atoms with E-state index in [4.69, 9.17) is 4.98 Å². The molecule has 0 spiro atoms. The molecule has 0 aliphatic carbocycles. The number of likely N-dealkylation sites (tertiary alicyclic amines) is 1. The predicted octanol–water partition coefficient (Wildman–Crippen LogP) is 2.77. The Hall–Kier alpha value is -3.39. The van der Waals surface area contributed by atoms with Crippen LogP contribution in [0.2, 0.25) is 0 Å². The van der Waals surface area contributed by atoms with Gasteiger partial charge in [0.15, 0.2) is 0 Å². The fraction of sp³-hybridized carbons (Fsp3) is 0.360. The van der Waals surface area contributed by atoms with Crippen molar-refractivity contribution in [2.75, 3.05) is 13.1 Å². The lowest BCUT2D eigenvalue weighted by Crippen LogP contribution is -2.38. The molecule has 33 heavy (non-hydrogen) atoms. The number of aromatic nitrogens is 3. The molecule has 1 unspecified atom stereocenters. The summed E-state index contributed by atoms with van der Waals surface area (Å²) in [6, 6.07) is 12.0. The van der Waals surface area contributed by atoms with Gasteiger partial charge in [0.2, 0.25) is 5.91 Å². The third kappa shape index (κ3) is 4.57. The molecule has 4 heterocycles. The SMILES string of the molecule is O=C(Cc1ccccn1)N1CCCC1c1nc2c(c(=O)[nH]1)CN(Cc1ccccc1F)CC2. The van der Waals surface area contributed by atoms with Crippen LogP contribution in [-0.4, -0.2) is 43.7 Å². The Bertz CT molecular complexity index is 1210. The van der Waals surface area contributed by atoms with Gasteiger partial charge < -0.3 is 9.88 Å². The number of rotatable bonds is 5. The summed E-state index contributed by atoms with van der Waals surface area (Å²) in [7, 11) is 0. The van der Waals surface area contributed by atoms with Gasteiger partial charge in [0, 0.05) is 50.1 Å². The maximum absolute atomic E-state index is 14.0. The molecule has 1 amide bonds. The normalized spacial score (nSPS) is 18.3. The van der Waals surface area contributed by atoms with Gasteiger partial charge in [0.25, 0.3) is 5.56 Å². The molecule has 1 atom stereocenters. The Morgan fingerprint density at radius 3 is 2.82 bits per heavy atom. The molecule has 7 nitrogen and oxygen atoms in total. The van der Waals surface area contributed by atoms with E-state index in [9.17, 15) is 14.0 Å². The van der Waals surface area contributed by atoms with Gasteiger partial charge >= 0.3 is 0 Å². The summed E-state index contributed by atoms with van der Waals surface area (Å²) in [5.74, 6) is 0.322. The minimum Gasteiger partial charge on any atom is -0.332 e. The summed E-state index contributed by atoms with van der Waals surface area (Å²) in [6.07, 6.45) is 4.18. The van der Waals surface area contributed by atoms with Gasteiger partial charge in [0.05, 0.1) is 23.7 Å². The van der Waals surface area contributed by atoms with Crippen LogP contribution in [0, 0.1) is 5.82 Å². The van der Waals surface area contributed by atoms with E-state index in [0.717, 1.165) is 24.2 Å². The van der Waals surface area contributed by atoms with Crippen molar-refractivity contribution in [3.05, 3.63) is 93.2 Å². The van der Waals surface area contributed by atoms with Crippen LogP contribution >= 0.6 is 0 Å². The minimum absolute atomic E-state index is 0.00682. The summed E-state index contributed by atoms with van der Waals surface area (Å²) in [6.45, 7) is 2.22. The number of fused-ring (bicyclic) bond motifs is 1. The number of benzene rings is 1. The smallest absolute Gasteiger partial charge is 0.255 e. The molecule has 1 fully saturated rings. The number of hydrogen-bond acceptors (Lipinski definition) is 5. The lowest BCUT2D eigenvalue weighted by Gasteiger charge is -2.29. The van der Waals surface area contributed by atoms with Gasteiger partial charge in [0.1, 0.15) is 11.6 Å². The average Bonchev–Trinajstić information content (AvgIpc) is 3.32. The Balaban J connectivity index is 1.33. The van der Waals surface area contributed by atoms with Crippen molar-refractivity contribution in [1.82, 2.24) is 24.8 Å². The maximum Gasteiger partial charge on any atom is 0.255 e. The van der Waals surface area contributed by atoms with Crippen molar-refractivity contribution in [2.24, 2.45) is 0 Å². The van der Waals surface area contributed by atoms with E-state index in [2.05, 4.69) is 14.9 Å². The highest BCUT2D eigenvalue weighted by atomic mass is 19.1. The monoisotopic (exact) mass is 447 g/mol. The number of hydrogen-bond donors (Lipinski definition) is 1. The standard InChI is InChI=1S/C25H26FN5O2/c26-20-8-2-1-6-17(20)15-30-13-10-21-19(16-30)25(33)29-24(28-21)22-9-5-12-31(22)23(32)14-18-7-3-4-11-27-18/h1-4,6-8,11,22H,5,9-10,12-16H2,(H,28,29,33). The number of nitrogens with one attached hydrogen (secondary N) is 1. The van der Waals surface area contributed by atoms with Crippen LogP contribution in [0.25, 0.3) is 0 Å². The van der Waals surface area contributed by atoms with Crippen LogP contribution in [0.5, 0.6) is 0 Å². The van der Waals surface area contributed by atoms with Gasteiger partial charge in [-0.3, -0.25) is 19.5 Å². The summed E-state index contributed by atoms with van der Waals surface area (Å²) in [4.78, 5) is 41.8. The van der Waals surface area contributed by atoms with Crippen LogP contribution in [-0.2, 0) is 30.7 Å². The number of pyridine rings is 1. The van der Waals surface area contributed by atoms with Crippen LogP contribution in [0.1, 0.15) is 47.2 Å². The highest BCUT2D eigenvalue weighted by Gasteiger charge is 2.33. The van der Waals surface area contributed by atoms with Crippen molar-refractivity contribution in [2.45, 2.75) is 44.8 Å². The molecule has 1 N–H and O–H groups in total. The van der Waals surface area contributed by atoms with E-state index in [1.807, 2.05) is 29.2 Å². The second-order valence-electron chi connectivity index (χ2n) is 8.67. The molecule has 0 radical (unpaired) electrons. The molecule has 2 aromatic heterocycles. The molecule has 3 aromatic rings. The fourth-order valence-corrected chi connectivity index (χ4v) is 4.77. The quantitative estimate of drug-likeness (QED) is 0.651. The van der Waals surface area contributed by atoms with Crippen LogP contribution in [0.15, 0.2) is 53.5 Å². The van der Waals surface area contributed by atoms with E-state index < -0.39 is 0 Å². The lowest BCUT2D eigenvalue weighted by atomic mass is 10.0. The molecule has 2 aliphatic heterocycles. The second kappa shape index (κ2) is 9.23. The molecule has 0 saturated carbocycles. The largest absolute Gasteiger partial charge is 0.332 e. The Labute approximate surface area is 191 Å². The molecule has 5 rings (SSSR count). The van der Waals surface area contributed by atoms with Gasteiger partial charge in [-0.15, -0.1) is 0 Å². The zero-order valence-electron chi connectivity index (χ0n) is 18.3. The lowest BCUT2D eigenvalue weighted by molar-refractivity contribution is -0.131. The van der Waals surface area contributed by atoms with Crippen molar-refractivity contribution in [1.29, 1.82) is 0 Å². The van der Waals surface area contributed by atoms with Gasteiger partial charge in [-0.2, -0.15) is 0 Å². The molecule has 8 heteroatoms. The van der Waals surface area contributed by atoms with E-state index in [0.29, 0.717) is 49.6 Å². The third-order valence-electron chi connectivity index (χ3n) is 6.47. The summed E-state index contributed by atoms with van der Waals surface area (Å²) in [5.41, 5.74) is 2.59. The number of halogens is 1. The first-order valence-electron chi connectivity index (χ1n) is 11.4. The number of carbonyl (C=O) groups excluding carboxylic acids is 1. The van der Waals surface area contributed by atoms with E-state index >= 15 is 0 Å². The molecule has 0 bridgehead atoms. The van der Waals surface area contributed by atoms with Crippen molar-refractivity contribution >= 4 is 5.91 Å². The molecule has 2 aliphatic rings.